The molecule has 1 fully saturated rings. The predicted octanol–water partition coefficient (Wildman–Crippen LogP) is 4.08. The number of aromatic nitrogens is 1. The van der Waals surface area contributed by atoms with E-state index in [1.807, 2.05) is 12.3 Å². The van der Waals surface area contributed by atoms with E-state index in [0.29, 0.717) is 6.04 Å². The summed E-state index contributed by atoms with van der Waals surface area (Å²) in [4.78, 5) is 6.94. The quantitative estimate of drug-likeness (QED) is 0.812. The van der Waals surface area contributed by atoms with Gasteiger partial charge < -0.3 is 4.90 Å². The van der Waals surface area contributed by atoms with E-state index >= 15 is 0 Å². The number of fused-ring (bicyclic) bond motifs is 1. The molecule has 2 heteroatoms. The van der Waals surface area contributed by atoms with E-state index in [9.17, 15) is 0 Å². The molecule has 4 rings (SSSR count). The van der Waals surface area contributed by atoms with E-state index in [1.54, 1.807) is 5.56 Å². The van der Waals surface area contributed by atoms with Crippen LogP contribution in [0.5, 0.6) is 0 Å². The van der Waals surface area contributed by atoms with Crippen molar-refractivity contribution in [3.63, 3.8) is 0 Å². The SMILES string of the molecule is CN1c2ccc(C3CC3)cc2CC[C@H]1c1ccccn1. The molecule has 0 unspecified atom stereocenters. The maximum Gasteiger partial charge on any atom is 0.0713 e. The van der Waals surface area contributed by atoms with Gasteiger partial charge in [0, 0.05) is 18.9 Å². The van der Waals surface area contributed by atoms with Crippen molar-refractivity contribution in [2.24, 2.45) is 0 Å². The topological polar surface area (TPSA) is 16.1 Å². The highest BCUT2D eigenvalue weighted by molar-refractivity contribution is 5.58. The summed E-state index contributed by atoms with van der Waals surface area (Å²) < 4.78 is 0. The largest absolute Gasteiger partial charge is 0.366 e. The van der Waals surface area contributed by atoms with Crippen LogP contribution in [-0.2, 0) is 6.42 Å². The molecule has 102 valence electrons. The van der Waals surface area contributed by atoms with Crippen LogP contribution in [-0.4, -0.2) is 12.0 Å². The van der Waals surface area contributed by atoms with Crippen molar-refractivity contribution in [1.82, 2.24) is 4.98 Å². The Morgan fingerprint density at radius 3 is 2.75 bits per heavy atom. The minimum absolute atomic E-state index is 0.412. The van der Waals surface area contributed by atoms with Crippen molar-refractivity contribution in [3.8, 4) is 0 Å². The summed E-state index contributed by atoms with van der Waals surface area (Å²) >= 11 is 0. The second-order valence-corrected chi connectivity index (χ2v) is 6.08. The molecular weight excluding hydrogens is 244 g/mol. The second kappa shape index (κ2) is 4.62. The molecule has 1 atom stereocenters. The molecule has 1 saturated carbocycles. The monoisotopic (exact) mass is 264 g/mol. The molecule has 0 bridgehead atoms. The smallest absolute Gasteiger partial charge is 0.0713 e. The third-order valence-corrected chi connectivity index (χ3v) is 4.72. The number of hydrogen-bond acceptors (Lipinski definition) is 2. The normalized spacial score (nSPS) is 21.6. The maximum absolute atomic E-state index is 4.54. The first-order chi connectivity index (χ1) is 9.83. The maximum atomic E-state index is 4.54. The Kier molecular flexibility index (Phi) is 2.76. The molecule has 1 aromatic carbocycles. The van der Waals surface area contributed by atoms with Crippen LogP contribution >= 0.6 is 0 Å². The van der Waals surface area contributed by atoms with Crippen molar-refractivity contribution in [2.45, 2.75) is 37.6 Å². The van der Waals surface area contributed by atoms with Gasteiger partial charge in [-0.25, -0.2) is 0 Å². The van der Waals surface area contributed by atoms with Gasteiger partial charge in [0.2, 0.25) is 0 Å². The van der Waals surface area contributed by atoms with Crippen molar-refractivity contribution in [3.05, 3.63) is 59.4 Å². The van der Waals surface area contributed by atoms with Gasteiger partial charge in [0.1, 0.15) is 0 Å². The Morgan fingerprint density at radius 2 is 2.00 bits per heavy atom. The predicted molar refractivity (Wildman–Crippen MR) is 82.1 cm³/mol. The summed E-state index contributed by atoms with van der Waals surface area (Å²) in [6, 6.07) is 13.7. The van der Waals surface area contributed by atoms with E-state index in [-0.39, 0.29) is 0 Å². The number of pyridine rings is 1. The molecule has 1 aliphatic heterocycles. The molecule has 0 N–H and O–H groups in total. The van der Waals surface area contributed by atoms with Gasteiger partial charge in [0.15, 0.2) is 0 Å². The van der Waals surface area contributed by atoms with Crippen LogP contribution in [0.1, 0.15) is 48.0 Å². The fourth-order valence-corrected chi connectivity index (χ4v) is 3.39. The van der Waals surface area contributed by atoms with Crippen LogP contribution in [0.25, 0.3) is 0 Å². The molecule has 2 nitrogen and oxygen atoms in total. The van der Waals surface area contributed by atoms with Crippen molar-refractivity contribution >= 4 is 5.69 Å². The molecule has 2 aromatic rings. The van der Waals surface area contributed by atoms with Gasteiger partial charge in [-0.1, -0.05) is 18.2 Å². The molecule has 0 spiro atoms. The summed E-state index contributed by atoms with van der Waals surface area (Å²) in [5, 5.41) is 0. The number of anilines is 1. The van der Waals surface area contributed by atoms with E-state index in [1.165, 1.54) is 36.2 Å². The molecule has 2 heterocycles. The fraction of sp³-hybridized carbons (Fsp3) is 0.389. The summed E-state index contributed by atoms with van der Waals surface area (Å²) in [6.45, 7) is 0. The van der Waals surface area contributed by atoms with Gasteiger partial charge in [0.25, 0.3) is 0 Å². The fourth-order valence-electron chi connectivity index (χ4n) is 3.39. The third-order valence-electron chi connectivity index (χ3n) is 4.72. The second-order valence-electron chi connectivity index (χ2n) is 6.08. The lowest BCUT2D eigenvalue weighted by molar-refractivity contribution is 0.570. The molecule has 2 aliphatic rings. The van der Waals surface area contributed by atoms with Crippen molar-refractivity contribution in [1.29, 1.82) is 0 Å². The lowest BCUT2D eigenvalue weighted by Gasteiger charge is -2.36. The first kappa shape index (κ1) is 12.0. The zero-order valence-electron chi connectivity index (χ0n) is 11.9. The van der Waals surface area contributed by atoms with Gasteiger partial charge in [-0.05, 0) is 60.9 Å². The Balaban J connectivity index is 1.67. The van der Waals surface area contributed by atoms with Crippen LogP contribution in [0.2, 0.25) is 0 Å². The highest BCUT2D eigenvalue weighted by Crippen LogP contribution is 2.43. The lowest BCUT2D eigenvalue weighted by Crippen LogP contribution is -2.30. The molecule has 0 saturated heterocycles. The zero-order valence-corrected chi connectivity index (χ0v) is 11.9. The van der Waals surface area contributed by atoms with Crippen molar-refractivity contribution in [2.75, 3.05) is 11.9 Å². The van der Waals surface area contributed by atoms with Crippen LogP contribution in [0, 0.1) is 0 Å². The Bertz CT molecular complexity index is 617. The molecule has 0 amide bonds. The Morgan fingerprint density at radius 1 is 1.10 bits per heavy atom. The van der Waals surface area contributed by atoms with Gasteiger partial charge in [-0.3, -0.25) is 4.98 Å². The van der Waals surface area contributed by atoms with Gasteiger partial charge >= 0.3 is 0 Å². The first-order valence-electron chi connectivity index (χ1n) is 7.59. The van der Waals surface area contributed by atoms with Crippen LogP contribution in [0.3, 0.4) is 0 Å². The number of benzene rings is 1. The lowest BCUT2D eigenvalue weighted by atomic mass is 9.92. The summed E-state index contributed by atoms with van der Waals surface area (Å²) in [7, 11) is 2.20. The van der Waals surface area contributed by atoms with Crippen LogP contribution < -0.4 is 4.90 Å². The van der Waals surface area contributed by atoms with Gasteiger partial charge in [-0.2, -0.15) is 0 Å². The molecule has 0 radical (unpaired) electrons. The molecule has 20 heavy (non-hydrogen) atoms. The molecular formula is C18H20N2. The van der Waals surface area contributed by atoms with E-state index in [0.717, 1.165) is 12.3 Å². The first-order valence-corrected chi connectivity index (χ1v) is 7.59. The van der Waals surface area contributed by atoms with E-state index in [4.69, 9.17) is 0 Å². The molecule has 1 aliphatic carbocycles. The third kappa shape index (κ3) is 2.00. The Hall–Kier alpha value is -1.83. The minimum Gasteiger partial charge on any atom is -0.366 e. The summed E-state index contributed by atoms with van der Waals surface area (Å²) in [6.07, 6.45) is 6.99. The van der Waals surface area contributed by atoms with Crippen LogP contribution in [0.4, 0.5) is 5.69 Å². The summed E-state index contributed by atoms with van der Waals surface area (Å²) in [5.41, 5.74) is 5.64. The van der Waals surface area contributed by atoms with Crippen LogP contribution in [0.15, 0.2) is 42.6 Å². The number of rotatable bonds is 2. The van der Waals surface area contributed by atoms with Crippen molar-refractivity contribution < 1.29 is 0 Å². The zero-order chi connectivity index (χ0) is 13.5. The van der Waals surface area contributed by atoms with Gasteiger partial charge in [-0.15, -0.1) is 0 Å². The number of aryl methyl sites for hydroxylation is 1. The van der Waals surface area contributed by atoms with E-state index in [2.05, 4.69) is 47.3 Å². The molecule has 1 aromatic heterocycles. The summed E-state index contributed by atoms with van der Waals surface area (Å²) in [5.74, 6) is 0.846. The number of hydrogen-bond donors (Lipinski definition) is 0. The highest BCUT2D eigenvalue weighted by atomic mass is 15.2. The number of nitrogens with zero attached hydrogens (tertiary/aromatic N) is 2. The van der Waals surface area contributed by atoms with Gasteiger partial charge in [0.05, 0.1) is 11.7 Å². The highest BCUT2D eigenvalue weighted by Gasteiger charge is 2.28. The Labute approximate surface area is 120 Å². The standard InChI is InChI=1S/C18H20N2/c1-20-17-9-7-14(13-5-6-13)12-15(17)8-10-18(20)16-4-2-3-11-19-16/h2-4,7,9,11-13,18H,5-6,8,10H2,1H3/t18-/m0/s1. The average Bonchev–Trinajstić information content (AvgIpc) is 3.33. The van der Waals surface area contributed by atoms with E-state index < -0.39 is 0 Å². The minimum atomic E-state index is 0.412. The average molecular weight is 264 g/mol.